The predicted molar refractivity (Wildman–Crippen MR) is 80.9 cm³/mol. The summed E-state index contributed by atoms with van der Waals surface area (Å²) in [6.07, 6.45) is -0.938. The van der Waals surface area contributed by atoms with E-state index in [2.05, 4.69) is 5.32 Å². The van der Waals surface area contributed by atoms with Crippen LogP contribution in [0.25, 0.3) is 0 Å². The molecule has 1 fully saturated rings. The second-order valence-corrected chi connectivity index (χ2v) is 6.43. The lowest BCUT2D eigenvalue weighted by Crippen LogP contribution is -2.39. The van der Waals surface area contributed by atoms with E-state index in [1.165, 1.54) is 0 Å². The molecule has 1 aliphatic rings. The van der Waals surface area contributed by atoms with Gasteiger partial charge in [0.15, 0.2) is 0 Å². The summed E-state index contributed by atoms with van der Waals surface area (Å²) in [5.41, 5.74) is 0.637. The molecule has 21 heavy (non-hydrogen) atoms. The van der Waals surface area contributed by atoms with E-state index >= 15 is 0 Å². The van der Waals surface area contributed by atoms with Crippen LogP contribution in [0.3, 0.4) is 0 Å². The molecule has 5 heteroatoms. The van der Waals surface area contributed by atoms with Crippen LogP contribution in [0.4, 0.5) is 4.79 Å². The summed E-state index contributed by atoms with van der Waals surface area (Å²) >= 11 is 0. The molecule has 0 aromatic heterocycles. The molecule has 2 N–H and O–H groups in total. The van der Waals surface area contributed by atoms with Gasteiger partial charge in [-0.05, 0) is 26.3 Å². The van der Waals surface area contributed by atoms with Gasteiger partial charge < -0.3 is 20.1 Å². The van der Waals surface area contributed by atoms with Gasteiger partial charge in [0.25, 0.3) is 0 Å². The second kappa shape index (κ2) is 6.45. The van der Waals surface area contributed by atoms with Crippen molar-refractivity contribution in [2.75, 3.05) is 13.1 Å². The smallest absolute Gasteiger partial charge is 0.410 e. The van der Waals surface area contributed by atoms with Crippen molar-refractivity contribution in [3.63, 3.8) is 0 Å². The monoisotopic (exact) mass is 292 g/mol. The number of nitrogens with one attached hydrogen (secondary N) is 1. The number of benzene rings is 1. The third-order valence-corrected chi connectivity index (χ3v) is 3.35. The molecule has 5 nitrogen and oxygen atoms in total. The van der Waals surface area contributed by atoms with Crippen molar-refractivity contribution in [3.05, 3.63) is 35.9 Å². The fourth-order valence-electron chi connectivity index (χ4n) is 2.31. The van der Waals surface area contributed by atoms with Gasteiger partial charge >= 0.3 is 6.09 Å². The number of rotatable bonds is 3. The zero-order valence-electron chi connectivity index (χ0n) is 12.9. The van der Waals surface area contributed by atoms with Crippen molar-refractivity contribution in [1.29, 1.82) is 0 Å². The fraction of sp³-hybridized carbons (Fsp3) is 0.562. The van der Waals surface area contributed by atoms with E-state index in [9.17, 15) is 9.90 Å². The average molecular weight is 292 g/mol. The van der Waals surface area contributed by atoms with Gasteiger partial charge in [-0.1, -0.05) is 30.3 Å². The Balaban J connectivity index is 1.85. The maximum atomic E-state index is 12.0. The van der Waals surface area contributed by atoms with Gasteiger partial charge in [0.05, 0.1) is 18.7 Å². The summed E-state index contributed by atoms with van der Waals surface area (Å²) in [6, 6.07) is 9.86. The zero-order valence-corrected chi connectivity index (χ0v) is 12.9. The van der Waals surface area contributed by atoms with E-state index in [-0.39, 0.29) is 12.1 Å². The number of carbonyl (C=O) groups is 1. The van der Waals surface area contributed by atoms with Crippen LogP contribution >= 0.6 is 0 Å². The molecule has 0 bridgehead atoms. The number of ether oxygens (including phenoxy) is 1. The van der Waals surface area contributed by atoms with Gasteiger partial charge in [-0.15, -0.1) is 0 Å². The summed E-state index contributed by atoms with van der Waals surface area (Å²) in [7, 11) is 0. The van der Waals surface area contributed by atoms with Crippen LogP contribution in [0.2, 0.25) is 0 Å². The summed E-state index contributed by atoms with van der Waals surface area (Å²) in [5, 5.41) is 13.4. The third-order valence-electron chi connectivity index (χ3n) is 3.35. The first-order valence-corrected chi connectivity index (χ1v) is 7.28. The first kappa shape index (κ1) is 15.8. The molecule has 2 atom stereocenters. The normalized spacial score (nSPS) is 22.4. The third kappa shape index (κ3) is 4.72. The minimum atomic E-state index is -0.568. The van der Waals surface area contributed by atoms with Gasteiger partial charge in [0.2, 0.25) is 0 Å². The Hall–Kier alpha value is -1.59. The highest BCUT2D eigenvalue weighted by Gasteiger charge is 2.35. The molecule has 2 rings (SSSR count). The molecule has 1 aromatic carbocycles. The molecule has 116 valence electrons. The quantitative estimate of drug-likeness (QED) is 0.891. The Morgan fingerprint density at radius 3 is 2.62 bits per heavy atom. The van der Waals surface area contributed by atoms with Crippen LogP contribution in [0.5, 0.6) is 0 Å². The number of carbonyl (C=O) groups excluding carboxylic acids is 1. The fourth-order valence-corrected chi connectivity index (χ4v) is 2.31. The van der Waals surface area contributed by atoms with Crippen molar-refractivity contribution >= 4 is 6.09 Å². The number of hydrogen-bond acceptors (Lipinski definition) is 4. The predicted octanol–water partition coefficient (Wildman–Crippen LogP) is 1.76. The van der Waals surface area contributed by atoms with Crippen LogP contribution < -0.4 is 5.32 Å². The summed E-state index contributed by atoms with van der Waals surface area (Å²) < 4.78 is 5.33. The van der Waals surface area contributed by atoms with Crippen LogP contribution in [0.1, 0.15) is 26.3 Å². The molecule has 0 radical (unpaired) electrons. The van der Waals surface area contributed by atoms with E-state index < -0.39 is 11.7 Å². The average Bonchev–Trinajstić information content (AvgIpc) is 2.77. The van der Waals surface area contributed by atoms with E-state index in [1.807, 2.05) is 51.1 Å². The molecular weight excluding hydrogens is 268 g/mol. The molecule has 1 amide bonds. The van der Waals surface area contributed by atoms with Crippen molar-refractivity contribution in [1.82, 2.24) is 10.2 Å². The van der Waals surface area contributed by atoms with Gasteiger partial charge in [-0.2, -0.15) is 0 Å². The number of β-amino-alcohol motifs (C(OH)–C–C–N with tert-alkyl or cyclic N) is 1. The lowest BCUT2D eigenvalue weighted by atomic mass is 10.2. The first-order chi connectivity index (χ1) is 9.85. The highest BCUT2D eigenvalue weighted by atomic mass is 16.6. The van der Waals surface area contributed by atoms with Crippen LogP contribution in [-0.4, -0.2) is 46.9 Å². The van der Waals surface area contributed by atoms with E-state index in [0.29, 0.717) is 19.6 Å². The van der Waals surface area contributed by atoms with E-state index in [1.54, 1.807) is 4.90 Å². The van der Waals surface area contributed by atoms with Crippen LogP contribution in [0.15, 0.2) is 30.3 Å². The maximum absolute atomic E-state index is 12.0. The molecule has 1 aliphatic heterocycles. The minimum absolute atomic E-state index is 0.127. The molecule has 2 unspecified atom stereocenters. The number of likely N-dealkylation sites (tertiary alicyclic amines) is 1. The maximum Gasteiger partial charge on any atom is 0.410 e. The number of hydrogen-bond donors (Lipinski definition) is 2. The number of nitrogens with zero attached hydrogens (tertiary/aromatic N) is 1. The molecule has 0 aliphatic carbocycles. The lowest BCUT2D eigenvalue weighted by molar-refractivity contribution is 0.0270. The lowest BCUT2D eigenvalue weighted by Gasteiger charge is -2.24. The van der Waals surface area contributed by atoms with E-state index in [0.717, 1.165) is 5.56 Å². The topological polar surface area (TPSA) is 61.8 Å². The van der Waals surface area contributed by atoms with Crippen molar-refractivity contribution in [2.45, 2.75) is 45.1 Å². The molecule has 1 aromatic rings. The summed E-state index contributed by atoms with van der Waals surface area (Å²) in [6.45, 7) is 6.95. The van der Waals surface area contributed by atoms with Crippen LogP contribution in [-0.2, 0) is 11.3 Å². The van der Waals surface area contributed by atoms with Crippen LogP contribution in [0, 0.1) is 0 Å². The van der Waals surface area contributed by atoms with E-state index in [4.69, 9.17) is 4.74 Å². The summed E-state index contributed by atoms with van der Waals surface area (Å²) in [5.74, 6) is 0. The number of amides is 1. The highest BCUT2D eigenvalue weighted by molar-refractivity contribution is 5.68. The molecule has 1 heterocycles. The van der Waals surface area contributed by atoms with Crippen molar-refractivity contribution < 1.29 is 14.6 Å². The second-order valence-electron chi connectivity index (χ2n) is 6.43. The van der Waals surface area contributed by atoms with Crippen molar-refractivity contribution in [3.8, 4) is 0 Å². The Labute approximate surface area is 125 Å². The van der Waals surface area contributed by atoms with Gasteiger partial charge in [0.1, 0.15) is 5.60 Å². The SMILES string of the molecule is CC(C)(C)OC(=O)N1CC(O)C(NCc2ccccc2)C1. The number of aliphatic hydroxyl groups is 1. The summed E-state index contributed by atoms with van der Waals surface area (Å²) in [4.78, 5) is 13.5. The standard InChI is InChI=1S/C16H24N2O3/c1-16(2,3)21-15(20)18-10-13(14(19)11-18)17-9-12-7-5-4-6-8-12/h4-8,13-14,17,19H,9-11H2,1-3H3. The highest BCUT2D eigenvalue weighted by Crippen LogP contribution is 2.16. The molecule has 1 saturated heterocycles. The number of aliphatic hydroxyl groups excluding tert-OH is 1. The van der Waals surface area contributed by atoms with Gasteiger partial charge in [-0.3, -0.25) is 0 Å². The molecular formula is C16H24N2O3. The Morgan fingerprint density at radius 2 is 2.00 bits per heavy atom. The zero-order chi connectivity index (χ0) is 15.5. The minimum Gasteiger partial charge on any atom is -0.444 e. The first-order valence-electron chi connectivity index (χ1n) is 7.28. The van der Waals surface area contributed by atoms with Gasteiger partial charge in [-0.25, -0.2) is 4.79 Å². The van der Waals surface area contributed by atoms with Gasteiger partial charge in [0, 0.05) is 13.1 Å². The molecule has 0 spiro atoms. The Morgan fingerprint density at radius 1 is 1.33 bits per heavy atom. The molecule has 0 saturated carbocycles. The Kier molecular flexibility index (Phi) is 4.85. The Bertz CT molecular complexity index is 470. The van der Waals surface area contributed by atoms with Crippen molar-refractivity contribution in [2.24, 2.45) is 0 Å². The largest absolute Gasteiger partial charge is 0.444 e.